The number of hydrogen-bond donors (Lipinski definition) is 2. The molecule has 1 aromatic heterocycles. The van der Waals surface area contributed by atoms with Crippen molar-refractivity contribution < 1.29 is 5.11 Å². The Morgan fingerprint density at radius 2 is 1.95 bits per heavy atom. The Morgan fingerprint density at radius 3 is 2.70 bits per heavy atom. The minimum absolute atomic E-state index is 0.198. The maximum absolute atomic E-state index is 11.5. The van der Waals surface area contributed by atoms with E-state index in [1.54, 1.807) is 0 Å². The summed E-state index contributed by atoms with van der Waals surface area (Å²) in [4.78, 5) is 17.0. The van der Waals surface area contributed by atoms with Crippen LogP contribution < -0.4 is 5.43 Å². The molecule has 1 spiro atoms. The molecule has 1 saturated carbocycles. The van der Waals surface area contributed by atoms with Gasteiger partial charge in [-0.3, -0.25) is 9.69 Å². The normalized spacial score (nSPS) is 23.0. The van der Waals surface area contributed by atoms with Crippen molar-refractivity contribution in [2.24, 2.45) is 5.41 Å². The number of piperidine rings is 1. The Morgan fingerprint density at radius 1 is 1.20 bits per heavy atom. The smallest absolute Gasteiger partial charge is 0.223 e. The minimum atomic E-state index is -0.289. The molecule has 20 heavy (non-hydrogen) atoms. The molecule has 0 unspecified atom stereocenters. The number of aromatic amines is 1. The second-order valence-electron chi connectivity index (χ2n) is 6.58. The van der Waals surface area contributed by atoms with Crippen LogP contribution in [0.5, 0.6) is 5.75 Å². The molecule has 0 bridgehead atoms. The van der Waals surface area contributed by atoms with E-state index in [9.17, 15) is 9.90 Å². The van der Waals surface area contributed by atoms with Crippen LogP contribution in [-0.2, 0) is 6.54 Å². The highest BCUT2D eigenvalue weighted by Gasteiger charge is 2.36. The Hall–Kier alpha value is -1.29. The maximum Gasteiger partial charge on any atom is 0.223 e. The van der Waals surface area contributed by atoms with Gasteiger partial charge in [-0.25, -0.2) is 0 Å². The third-order valence-electron chi connectivity index (χ3n) is 5.00. The summed E-state index contributed by atoms with van der Waals surface area (Å²) in [6.45, 7) is 3.07. The van der Waals surface area contributed by atoms with E-state index in [1.807, 2.05) is 0 Å². The molecule has 2 heterocycles. The third kappa shape index (κ3) is 2.90. The predicted octanol–water partition coefficient (Wildman–Crippen LogP) is 2.63. The predicted molar refractivity (Wildman–Crippen MR) is 78.8 cm³/mol. The highest BCUT2D eigenvalue weighted by atomic mass is 16.3. The van der Waals surface area contributed by atoms with Crippen molar-refractivity contribution in [3.05, 3.63) is 28.2 Å². The number of aromatic hydroxyl groups is 1. The van der Waals surface area contributed by atoms with Gasteiger partial charge in [0.15, 0.2) is 5.75 Å². The molecule has 0 amide bonds. The van der Waals surface area contributed by atoms with Crippen LogP contribution in [0, 0.1) is 5.41 Å². The summed E-state index contributed by atoms with van der Waals surface area (Å²) in [5, 5.41) is 9.29. The second kappa shape index (κ2) is 5.60. The highest BCUT2D eigenvalue weighted by molar-refractivity contribution is 5.18. The lowest BCUT2D eigenvalue weighted by Gasteiger charge is -2.45. The second-order valence-corrected chi connectivity index (χ2v) is 6.58. The molecular weight excluding hydrogens is 252 g/mol. The van der Waals surface area contributed by atoms with Crippen LogP contribution in [0.3, 0.4) is 0 Å². The van der Waals surface area contributed by atoms with Crippen molar-refractivity contribution in [3.8, 4) is 5.75 Å². The Bertz CT molecular complexity index is 512. The zero-order valence-corrected chi connectivity index (χ0v) is 12.0. The van der Waals surface area contributed by atoms with E-state index in [1.165, 1.54) is 57.2 Å². The molecule has 110 valence electrons. The van der Waals surface area contributed by atoms with E-state index in [0.29, 0.717) is 5.41 Å². The number of nitrogens with one attached hydrogen (secondary N) is 1. The fraction of sp³-hybridized carbons (Fsp3) is 0.688. The fourth-order valence-electron chi connectivity index (χ4n) is 3.99. The monoisotopic (exact) mass is 276 g/mol. The lowest BCUT2D eigenvalue weighted by Crippen LogP contribution is -2.44. The van der Waals surface area contributed by atoms with E-state index in [2.05, 4.69) is 9.88 Å². The van der Waals surface area contributed by atoms with Crippen LogP contribution in [0.25, 0.3) is 0 Å². The van der Waals surface area contributed by atoms with Gasteiger partial charge in [-0.15, -0.1) is 0 Å². The van der Waals surface area contributed by atoms with E-state index in [0.717, 1.165) is 25.3 Å². The van der Waals surface area contributed by atoms with E-state index < -0.39 is 0 Å². The zero-order chi connectivity index (χ0) is 14.0. The molecule has 2 fully saturated rings. The molecule has 1 saturated heterocycles. The first-order valence-corrected chi connectivity index (χ1v) is 7.80. The van der Waals surface area contributed by atoms with E-state index in [-0.39, 0.29) is 11.2 Å². The summed E-state index contributed by atoms with van der Waals surface area (Å²) in [5.74, 6) is -0.198. The summed E-state index contributed by atoms with van der Waals surface area (Å²) in [6, 6.07) is 1.53. The van der Waals surface area contributed by atoms with Gasteiger partial charge < -0.3 is 10.1 Å². The molecule has 1 aliphatic carbocycles. The van der Waals surface area contributed by atoms with Gasteiger partial charge in [-0.2, -0.15) is 0 Å². The van der Waals surface area contributed by atoms with Crippen molar-refractivity contribution in [2.75, 3.05) is 13.1 Å². The van der Waals surface area contributed by atoms with Crippen LogP contribution in [0.15, 0.2) is 17.1 Å². The van der Waals surface area contributed by atoms with Gasteiger partial charge >= 0.3 is 0 Å². The molecule has 1 aliphatic heterocycles. The van der Waals surface area contributed by atoms with Crippen molar-refractivity contribution >= 4 is 0 Å². The number of aromatic nitrogens is 1. The van der Waals surface area contributed by atoms with Gasteiger partial charge in [0.1, 0.15) is 0 Å². The number of pyridine rings is 1. The first-order chi connectivity index (χ1) is 9.67. The molecule has 1 aromatic rings. The number of rotatable bonds is 2. The Balaban J connectivity index is 1.67. The molecular formula is C16H24N2O2. The average molecular weight is 276 g/mol. The fourth-order valence-corrected chi connectivity index (χ4v) is 3.99. The van der Waals surface area contributed by atoms with Crippen LogP contribution in [0.4, 0.5) is 0 Å². The van der Waals surface area contributed by atoms with Crippen LogP contribution >= 0.6 is 0 Å². The first kappa shape index (κ1) is 13.7. The number of nitrogens with zero attached hydrogens (tertiary/aromatic N) is 1. The lowest BCUT2D eigenvalue weighted by atomic mass is 9.69. The molecule has 0 radical (unpaired) electrons. The van der Waals surface area contributed by atoms with E-state index in [4.69, 9.17) is 0 Å². The SMILES string of the molecule is O=c1cc(CN2CCCC3(CCCCC3)C2)[nH]cc1O. The maximum atomic E-state index is 11.5. The zero-order valence-electron chi connectivity index (χ0n) is 12.0. The molecule has 3 rings (SSSR count). The largest absolute Gasteiger partial charge is 0.503 e. The van der Waals surface area contributed by atoms with Crippen LogP contribution in [0.2, 0.25) is 0 Å². The summed E-state index contributed by atoms with van der Waals surface area (Å²) < 4.78 is 0. The van der Waals surface area contributed by atoms with Crippen molar-refractivity contribution in [2.45, 2.75) is 51.5 Å². The number of H-pyrrole nitrogens is 1. The lowest BCUT2D eigenvalue weighted by molar-refractivity contribution is 0.0487. The Kier molecular flexibility index (Phi) is 3.83. The van der Waals surface area contributed by atoms with Crippen molar-refractivity contribution in [1.82, 2.24) is 9.88 Å². The van der Waals surface area contributed by atoms with Gasteiger partial charge in [0, 0.05) is 31.0 Å². The molecule has 4 nitrogen and oxygen atoms in total. The molecule has 0 atom stereocenters. The summed E-state index contributed by atoms with van der Waals surface area (Å²) in [5.41, 5.74) is 1.15. The van der Waals surface area contributed by atoms with Gasteiger partial charge in [-0.1, -0.05) is 19.3 Å². The first-order valence-electron chi connectivity index (χ1n) is 7.80. The minimum Gasteiger partial charge on any atom is -0.503 e. The number of likely N-dealkylation sites (tertiary alicyclic amines) is 1. The van der Waals surface area contributed by atoms with Gasteiger partial charge in [0.05, 0.1) is 0 Å². The van der Waals surface area contributed by atoms with Crippen molar-refractivity contribution in [3.63, 3.8) is 0 Å². The molecule has 0 aromatic carbocycles. The van der Waals surface area contributed by atoms with Crippen molar-refractivity contribution in [1.29, 1.82) is 0 Å². The highest BCUT2D eigenvalue weighted by Crippen LogP contribution is 2.43. The topological polar surface area (TPSA) is 56.3 Å². The van der Waals surface area contributed by atoms with Gasteiger partial charge in [0.25, 0.3) is 0 Å². The number of hydrogen-bond acceptors (Lipinski definition) is 3. The quantitative estimate of drug-likeness (QED) is 0.873. The van der Waals surface area contributed by atoms with Gasteiger partial charge in [-0.05, 0) is 37.6 Å². The standard InChI is InChI=1S/C16H24N2O2/c19-14-9-13(17-10-15(14)20)11-18-8-4-7-16(12-18)5-2-1-3-6-16/h9-10,20H,1-8,11-12H2,(H,17,19). The molecule has 4 heteroatoms. The summed E-state index contributed by atoms with van der Waals surface area (Å²) in [7, 11) is 0. The summed E-state index contributed by atoms with van der Waals surface area (Å²) >= 11 is 0. The molecule has 2 N–H and O–H groups in total. The van der Waals surface area contributed by atoms with Crippen LogP contribution in [0.1, 0.15) is 50.6 Å². The average Bonchev–Trinajstić information content (AvgIpc) is 2.44. The Labute approximate surface area is 119 Å². The third-order valence-corrected chi connectivity index (χ3v) is 5.00. The summed E-state index contributed by atoms with van der Waals surface area (Å²) in [6.07, 6.45) is 10.9. The van der Waals surface area contributed by atoms with Crippen LogP contribution in [-0.4, -0.2) is 28.1 Å². The van der Waals surface area contributed by atoms with E-state index >= 15 is 0 Å². The molecule has 2 aliphatic rings. The van der Waals surface area contributed by atoms with Gasteiger partial charge in [0.2, 0.25) is 5.43 Å².